The van der Waals surface area contributed by atoms with Crippen molar-refractivity contribution in [2.75, 3.05) is 18.4 Å². The van der Waals surface area contributed by atoms with Gasteiger partial charge in [-0.15, -0.1) is 0 Å². The van der Waals surface area contributed by atoms with Gasteiger partial charge in [-0.1, -0.05) is 6.92 Å². The molecule has 0 radical (unpaired) electrons. The molecule has 1 atom stereocenters. The first-order valence-electron chi connectivity index (χ1n) is 8.77. The quantitative estimate of drug-likeness (QED) is 0.872. The van der Waals surface area contributed by atoms with Crippen molar-refractivity contribution < 1.29 is 9.59 Å². The molecular formula is C19H29N3O2. The zero-order chi connectivity index (χ0) is 17.7. The van der Waals surface area contributed by atoms with Gasteiger partial charge in [-0.2, -0.15) is 0 Å². The highest BCUT2D eigenvalue weighted by Crippen LogP contribution is 2.19. The molecule has 5 heteroatoms. The number of hydrogen-bond donors (Lipinski definition) is 2. The molecule has 0 bridgehead atoms. The van der Waals surface area contributed by atoms with E-state index in [4.69, 9.17) is 0 Å². The second-order valence-corrected chi connectivity index (χ2v) is 7.46. The average molecular weight is 331 g/mol. The third kappa shape index (κ3) is 5.06. The Morgan fingerprint density at radius 2 is 1.88 bits per heavy atom. The normalized spacial score (nSPS) is 18.4. The number of likely N-dealkylation sites (tertiary alicyclic amines) is 1. The molecule has 2 N–H and O–H groups in total. The van der Waals surface area contributed by atoms with Gasteiger partial charge in [0.25, 0.3) is 5.91 Å². The molecule has 132 valence electrons. The number of hydrogen-bond acceptors (Lipinski definition) is 3. The summed E-state index contributed by atoms with van der Waals surface area (Å²) in [6, 6.07) is 7.03. The molecule has 1 aliphatic heterocycles. The summed E-state index contributed by atoms with van der Waals surface area (Å²) in [6.45, 7) is 9.94. The topological polar surface area (TPSA) is 61.4 Å². The summed E-state index contributed by atoms with van der Waals surface area (Å²) in [6.07, 6.45) is 3.04. The monoisotopic (exact) mass is 331 g/mol. The highest BCUT2D eigenvalue weighted by Gasteiger charge is 2.29. The standard InChI is InChI=1S/C19H29N3O2/c1-5-12-22-13-6-7-16(22)18(24)20-15-10-8-14(9-11-15)17(23)21-19(2,3)4/h8-11,16H,5-7,12-13H2,1-4H3,(H,20,24)(H,21,23)/t16-/m1/s1. The van der Waals surface area contributed by atoms with Crippen LogP contribution in [0.2, 0.25) is 0 Å². The van der Waals surface area contributed by atoms with Crippen LogP contribution in [0.4, 0.5) is 5.69 Å². The lowest BCUT2D eigenvalue weighted by atomic mass is 10.1. The number of benzene rings is 1. The van der Waals surface area contributed by atoms with Crippen molar-refractivity contribution >= 4 is 17.5 Å². The highest BCUT2D eigenvalue weighted by molar-refractivity contribution is 5.97. The summed E-state index contributed by atoms with van der Waals surface area (Å²) in [4.78, 5) is 26.8. The van der Waals surface area contributed by atoms with Crippen LogP contribution in [0.5, 0.6) is 0 Å². The summed E-state index contributed by atoms with van der Waals surface area (Å²) in [7, 11) is 0. The Morgan fingerprint density at radius 3 is 2.46 bits per heavy atom. The summed E-state index contributed by atoms with van der Waals surface area (Å²) < 4.78 is 0. The van der Waals surface area contributed by atoms with E-state index in [9.17, 15) is 9.59 Å². The maximum absolute atomic E-state index is 12.5. The minimum atomic E-state index is -0.269. The number of carbonyl (C=O) groups excluding carboxylic acids is 2. The van der Waals surface area contributed by atoms with Gasteiger partial charge in [-0.05, 0) is 77.4 Å². The predicted octanol–water partition coefficient (Wildman–Crippen LogP) is 3.03. The lowest BCUT2D eigenvalue weighted by molar-refractivity contribution is -0.120. The highest BCUT2D eigenvalue weighted by atomic mass is 16.2. The van der Waals surface area contributed by atoms with Crippen LogP contribution in [0.3, 0.4) is 0 Å². The fraction of sp³-hybridized carbons (Fsp3) is 0.579. The van der Waals surface area contributed by atoms with Gasteiger partial charge in [0.15, 0.2) is 0 Å². The van der Waals surface area contributed by atoms with Crippen molar-refractivity contribution in [3.05, 3.63) is 29.8 Å². The van der Waals surface area contributed by atoms with Crippen molar-refractivity contribution in [2.24, 2.45) is 0 Å². The number of anilines is 1. The van der Waals surface area contributed by atoms with Crippen molar-refractivity contribution in [2.45, 2.75) is 58.5 Å². The Hall–Kier alpha value is -1.88. The van der Waals surface area contributed by atoms with E-state index in [1.54, 1.807) is 24.3 Å². The Labute approximate surface area is 144 Å². The third-order valence-electron chi connectivity index (χ3n) is 4.08. The molecule has 2 amide bonds. The van der Waals surface area contributed by atoms with Crippen LogP contribution in [0.25, 0.3) is 0 Å². The average Bonchev–Trinajstić information content (AvgIpc) is 2.95. The predicted molar refractivity (Wildman–Crippen MR) is 97.2 cm³/mol. The van der Waals surface area contributed by atoms with Crippen LogP contribution >= 0.6 is 0 Å². The maximum Gasteiger partial charge on any atom is 0.251 e. The minimum Gasteiger partial charge on any atom is -0.347 e. The van der Waals surface area contributed by atoms with Gasteiger partial charge in [0.05, 0.1) is 6.04 Å². The smallest absolute Gasteiger partial charge is 0.251 e. The molecule has 1 aromatic rings. The van der Waals surface area contributed by atoms with Crippen molar-refractivity contribution in [1.29, 1.82) is 0 Å². The van der Waals surface area contributed by atoms with Crippen LogP contribution < -0.4 is 10.6 Å². The molecule has 0 aliphatic carbocycles. The van der Waals surface area contributed by atoms with Gasteiger partial charge in [-0.25, -0.2) is 0 Å². The molecule has 2 rings (SSSR count). The molecule has 0 aromatic heterocycles. The maximum atomic E-state index is 12.5. The summed E-state index contributed by atoms with van der Waals surface area (Å²) in [5.74, 6) is -0.0573. The second kappa shape index (κ2) is 7.79. The first kappa shape index (κ1) is 18.5. The fourth-order valence-corrected chi connectivity index (χ4v) is 3.02. The minimum absolute atomic E-state index is 0.0335. The molecule has 1 aliphatic rings. The SMILES string of the molecule is CCCN1CCC[C@@H]1C(=O)Nc1ccc(C(=O)NC(C)(C)C)cc1. The molecule has 5 nitrogen and oxygen atoms in total. The molecule has 1 saturated heterocycles. The van der Waals surface area contributed by atoms with E-state index in [0.717, 1.165) is 38.0 Å². The second-order valence-electron chi connectivity index (χ2n) is 7.46. The van der Waals surface area contributed by atoms with E-state index in [2.05, 4.69) is 22.5 Å². The number of amides is 2. The van der Waals surface area contributed by atoms with E-state index in [0.29, 0.717) is 5.56 Å². The Kier molecular flexibility index (Phi) is 5.99. The van der Waals surface area contributed by atoms with Crippen LogP contribution in [-0.4, -0.2) is 41.4 Å². The van der Waals surface area contributed by atoms with Gasteiger partial charge in [0.2, 0.25) is 5.91 Å². The molecule has 1 fully saturated rings. The molecule has 1 aromatic carbocycles. The number of nitrogens with zero attached hydrogens (tertiary/aromatic N) is 1. The first-order valence-corrected chi connectivity index (χ1v) is 8.77. The van der Waals surface area contributed by atoms with Crippen molar-refractivity contribution in [3.8, 4) is 0 Å². The van der Waals surface area contributed by atoms with E-state index in [-0.39, 0.29) is 23.4 Å². The van der Waals surface area contributed by atoms with Crippen molar-refractivity contribution in [1.82, 2.24) is 10.2 Å². The van der Waals surface area contributed by atoms with Gasteiger partial charge >= 0.3 is 0 Å². The number of carbonyl (C=O) groups is 2. The molecule has 0 spiro atoms. The summed E-state index contributed by atoms with van der Waals surface area (Å²) in [5.41, 5.74) is 1.06. The number of rotatable bonds is 5. The van der Waals surface area contributed by atoms with Gasteiger partial charge in [0.1, 0.15) is 0 Å². The van der Waals surface area contributed by atoms with Crippen molar-refractivity contribution in [3.63, 3.8) is 0 Å². The van der Waals surface area contributed by atoms with E-state index >= 15 is 0 Å². The lowest BCUT2D eigenvalue weighted by Gasteiger charge is -2.23. The Morgan fingerprint density at radius 1 is 1.21 bits per heavy atom. The molecule has 0 unspecified atom stereocenters. The van der Waals surface area contributed by atoms with Crippen LogP contribution in [0.1, 0.15) is 57.3 Å². The van der Waals surface area contributed by atoms with Gasteiger partial charge in [-0.3, -0.25) is 14.5 Å². The summed E-state index contributed by atoms with van der Waals surface area (Å²) >= 11 is 0. The zero-order valence-corrected chi connectivity index (χ0v) is 15.2. The van der Waals surface area contributed by atoms with E-state index in [1.807, 2.05) is 20.8 Å². The first-order chi connectivity index (χ1) is 11.3. The van der Waals surface area contributed by atoms with Crippen LogP contribution in [-0.2, 0) is 4.79 Å². The summed E-state index contributed by atoms with van der Waals surface area (Å²) in [5, 5.41) is 5.90. The van der Waals surface area contributed by atoms with Crippen LogP contribution in [0.15, 0.2) is 24.3 Å². The van der Waals surface area contributed by atoms with E-state index < -0.39 is 0 Å². The lowest BCUT2D eigenvalue weighted by Crippen LogP contribution is -2.40. The van der Waals surface area contributed by atoms with E-state index in [1.165, 1.54) is 0 Å². The molecule has 24 heavy (non-hydrogen) atoms. The number of nitrogens with one attached hydrogen (secondary N) is 2. The van der Waals surface area contributed by atoms with Gasteiger partial charge in [0, 0.05) is 16.8 Å². The Bertz CT molecular complexity index is 575. The molecular weight excluding hydrogens is 302 g/mol. The largest absolute Gasteiger partial charge is 0.347 e. The third-order valence-corrected chi connectivity index (χ3v) is 4.08. The molecule has 0 saturated carbocycles. The van der Waals surface area contributed by atoms with Crippen LogP contribution in [0, 0.1) is 0 Å². The zero-order valence-electron chi connectivity index (χ0n) is 15.2. The van der Waals surface area contributed by atoms with Gasteiger partial charge < -0.3 is 10.6 Å². The Balaban J connectivity index is 1.96. The fourth-order valence-electron chi connectivity index (χ4n) is 3.02. The molecule has 1 heterocycles.